The number of aromatic nitrogens is 4. The van der Waals surface area contributed by atoms with E-state index in [-0.39, 0.29) is 0 Å². The van der Waals surface area contributed by atoms with Crippen molar-refractivity contribution in [3.05, 3.63) is 108 Å². The van der Waals surface area contributed by atoms with Crippen LogP contribution in [0, 0.1) is 27.7 Å². The van der Waals surface area contributed by atoms with Crippen molar-refractivity contribution in [2.45, 2.75) is 27.7 Å². The highest BCUT2D eigenvalue weighted by molar-refractivity contribution is 6.24. The lowest BCUT2D eigenvalue weighted by atomic mass is 9.90. The van der Waals surface area contributed by atoms with Gasteiger partial charge in [0.25, 0.3) is 0 Å². The molecule has 202 valence electrons. The zero-order chi connectivity index (χ0) is 28.5. The van der Waals surface area contributed by atoms with Crippen LogP contribution < -0.4 is 0 Å². The minimum absolute atomic E-state index is 0.643. The summed E-state index contributed by atoms with van der Waals surface area (Å²) in [5, 5.41) is 7.25. The molecule has 4 aromatic heterocycles. The van der Waals surface area contributed by atoms with Crippen LogP contribution in [-0.4, -0.2) is 19.9 Å². The van der Waals surface area contributed by atoms with E-state index in [2.05, 4.69) is 58.5 Å². The first-order valence-electron chi connectivity index (χ1n) is 14.0. The first kappa shape index (κ1) is 24.4. The van der Waals surface area contributed by atoms with E-state index in [9.17, 15) is 0 Å². The Bertz CT molecular complexity index is 2080. The maximum absolute atomic E-state index is 5.84. The third kappa shape index (κ3) is 3.87. The number of nitrogens with zero attached hydrogens (tertiary/aromatic N) is 4. The number of benzene rings is 4. The molecular weight excluding hydrogens is 520 g/mol. The predicted molar refractivity (Wildman–Crippen MR) is 167 cm³/mol. The van der Waals surface area contributed by atoms with Crippen molar-refractivity contribution in [2.24, 2.45) is 0 Å². The summed E-state index contributed by atoms with van der Waals surface area (Å²) in [7, 11) is 0. The lowest BCUT2D eigenvalue weighted by molar-refractivity contribution is 0.532. The minimum atomic E-state index is 0.643. The third-order valence-corrected chi connectivity index (χ3v) is 7.90. The van der Waals surface area contributed by atoms with E-state index >= 15 is 0 Å². The van der Waals surface area contributed by atoms with Crippen molar-refractivity contribution < 1.29 is 8.83 Å². The number of aryl methyl sites for hydroxylation is 4. The molecule has 8 rings (SSSR count). The van der Waals surface area contributed by atoms with E-state index in [0.29, 0.717) is 23.3 Å². The first-order chi connectivity index (χ1) is 20.4. The largest absolute Gasteiger partial charge is 0.439 e. The Labute approximate surface area is 242 Å². The van der Waals surface area contributed by atoms with Gasteiger partial charge in [-0.05, 0) is 94.7 Å². The highest BCUT2D eigenvalue weighted by Crippen LogP contribution is 2.39. The van der Waals surface area contributed by atoms with Gasteiger partial charge in [-0.3, -0.25) is 0 Å². The molecule has 0 spiro atoms. The normalized spacial score (nSPS) is 11.8. The lowest BCUT2D eigenvalue weighted by Crippen LogP contribution is -1.91. The molecule has 0 saturated heterocycles. The highest BCUT2D eigenvalue weighted by Gasteiger charge is 2.16. The maximum Gasteiger partial charge on any atom is 0.192 e. The van der Waals surface area contributed by atoms with Crippen molar-refractivity contribution in [1.82, 2.24) is 19.9 Å². The summed E-state index contributed by atoms with van der Waals surface area (Å²) >= 11 is 0. The van der Waals surface area contributed by atoms with Gasteiger partial charge in [0.2, 0.25) is 0 Å². The molecule has 4 heterocycles. The average molecular weight is 547 g/mol. The summed E-state index contributed by atoms with van der Waals surface area (Å²) in [5.74, 6) is 2.72. The summed E-state index contributed by atoms with van der Waals surface area (Å²) in [6.45, 7) is 7.61. The monoisotopic (exact) mass is 546 g/mol. The number of rotatable bonds is 4. The van der Waals surface area contributed by atoms with E-state index in [0.717, 1.165) is 45.3 Å². The van der Waals surface area contributed by atoms with Crippen LogP contribution in [0.3, 0.4) is 0 Å². The molecule has 0 aliphatic heterocycles. The summed E-state index contributed by atoms with van der Waals surface area (Å²) in [6, 6.07) is 29.8. The van der Waals surface area contributed by atoms with Gasteiger partial charge in [-0.1, -0.05) is 36.4 Å². The molecule has 0 saturated carbocycles. The van der Waals surface area contributed by atoms with Crippen LogP contribution in [0.1, 0.15) is 23.2 Å². The number of hydrogen-bond donors (Lipinski definition) is 0. The number of oxazole rings is 2. The van der Waals surface area contributed by atoms with E-state index in [4.69, 9.17) is 18.8 Å². The van der Waals surface area contributed by atoms with Crippen molar-refractivity contribution in [3.8, 4) is 45.4 Å². The smallest absolute Gasteiger partial charge is 0.192 e. The second-order valence-electron chi connectivity index (χ2n) is 10.8. The number of hydrogen-bond acceptors (Lipinski definition) is 6. The van der Waals surface area contributed by atoms with Crippen LogP contribution in [-0.2, 0) is 0 Å². The van der Waals surface area contributed by atoms with Crippen molar-refractivity contribution in [2.75, 3.05) is 0 Å². The van der Waals surface area contributed by atoms with Crippen LogP contribution in [0.5, 0.6) is 0 Å². The summed E-state index contributed by atoms with van der Waals surface area (Å²) in [5.41, 5.74) is 7.19. The van der Waals surface area contributed by atoms with Crippen LogP contribution in [0.25, 0.3) is 77.7 Å². The standard InChI is InChI=1S/C36H26N4O2/c1-19-35(41-21(3)37-19)31-9-5-7-29(39-31)27-15-23-11-13-25-17-28(18-26-14-12-24(16-27)33(23)34(25)26)30-8-6-10-32(40-30)36-20(2)38-22(4)42-36/h5-18H,1-4H3. The molecule has 42 heavy (non-hydrogen) atoms. The Morgan fingerprint density at radius 3 is 1.12 bits per heavy atom. The van der Waals surface area contributed by atoms with Crippen molar-refractivity contribution in [1.29, 1.82) is 0 Å². The minimum Gasteiger partial charge on any atom is -0.439 e. The van der Waals surface area contributed by atoms with Gasteiger partial charge in [0.05, 0.1) is 22.8 Å². The van der Waals surface area contributed by atoms with Crippen molar-refractivity contribution >= 4 is 32.3 Å². The topological polar surface area (TPSA) is 77.8 Å². The molecule has 6 heteroatoms. The fraction of sp³-hybridized carbons (Fsp3) is 0.111. The summed E-state index contributed by atoms with van der Waals surface area (Å²) in [6.07, 6.45) is 0. The summed E-state index contributed by atoms with van der Waals surface area (Å²) < 4.78 is 11.7. The third-order valence-electron chi connectivity index (χ3n) is 7.90. The van der Waals surface area contributed by atoms with Gasteiger partial charge >= 0.3 is 0 Å². The molecule has 0 unspecified atom stereocenters. The van der Waals surface area contributed by atoms with Crippen LogP contribution in [0.4, 0.5) is 0 Å². The molecule has 0 radical (unpaired) electrons. The quantitative estimate of drug-likeness (QED) is 0.205. The Morgan fingerprint density at radius 2 is 0.786 bits per heavy atom. The highest BCUT2D eigenvalue weighted by atomic mass is 16.4. The van der Waals surface area contributed by atoms with Crippen LogP contribution in [0.2, 0.25) is 0 Å². The van der Waals surface area contributed by atoms with E-state index < -0.39 is 0 Å². The van der Waals surface area contributed by atoms with Gasteiger partial charge in [0.1, 0.15) is 11.4 Å². The molecular formula is C36H26N4O2. The maximum atomic E-state index is 5.84. The second-order valence-corrected chi connectivity index (χ2v) is 10.8. The van der Waals surface area contributed by atoms with Gasteiger partial charge in [-0.15, -0.1) is 0 Å². The lowest BCUT2D eigenvalue weighted by Gasteiger charge is -2.14. The van der Waals surface area contributed by atoms with E-state index in [1.165, 1.54) is 32.3 Å². The molecule has 0 fully saturated rings. The zero-order valence-electron chi connectivity index (χ0n) is 23.7. The van der Waals surface area contributed by atoms with Gasteiger partial charge in [-0.25, -0.2) is 19.9 Å². The van der Waals surface area contributed by atoms with Gasteiger partial charge in [0.15, 0.2) is 23.3 Å². The average Bonchev–Trinajstić information content (AvgIpc) is 3.53. The van der Waals surface area contributed by atoms with Crippen LogP contribution in [0.15, 0.2) is 93.8 Å². The van der Waals surface area contributed by atoms with Gasteiger partial charge < -0.3 is 8.83 Å². The summed E-state index contributed by atoms with van der Waals surface area (Å²) in [4.78, 5) is 18.7. The van der Waals surface area contributed by atoms with E-state index in [1.807, 2.05) is 64.1 Å². The van der Waals surface area contributed by atoms with Gasteiger partial charge in [-0.2, -0.15) is 0 Å². The Hall–Kier alpha value is -5.36. The fourth-order valence-corrected chi connectivity index (χ4v) is 6.12. The molecule has 8 aromatic rings. The SMILES string of the molecule is Cc1nc(C)c(-c2cccc(-c3cc4ccc5cc(-c6cccc(-c7oc(C)nc7C)n6)cc6ccc(c3)c4c56)n2)o1. The van der Waals surface area contributed by atoms with Gasteiger partial charge in [0, 0.05) is 25.0 Å². The molecule has 0 aliphatic carbocycles. The predicted octanol–water partition coefficient (Wildman–Crippen LogP) is 9.25. The Morgan fingerprint density at radius 1 is 0.429 bits per heavy atom. The van der Waals surface area contributed by atoms with Crippen LogP contribution >= 0.6 is 0 Å². The molecule has 0 amide bonds. The van der Waals surface area contributed by atoms with E-state index in [1.54, 1.807) is 0 Å². The molecule has 0 bridgehead atoms. The Kier molecular flexibility index (Phi) is 5.28. The van der Waals surface area contributed by atoms with Crippen molar-refractivity contribution in [3.63, 3.8) is 0 Å². The molecule has 0 atom stereocenters. The molecule has 6 nitrogen and oxygen atoms in total. The first-order valence-corrected chi connectivity index (χ1v) is 14.0. The number of pyridine rings is 2. The molecule has 4 aromatic carbocycles. The fourth-order valence-electron chi connectivity index (χ4n) is 6.12. The molecule has 0 aliphatic rings. The Balaban J connectivity index is 1.24. The second kappa shape index (κ2) is 9.08. The molecule has 0 N–H and O–H groups in total. The zero-order valence-corrected chi connectivity index (χ0v) is 23.7.